The zero-order valence-corrected chi connectivity index (χ0v) is 15.1. The maximum atomic E-state index is 14.5. The summed E-state index contributed by atoms with van der Waals surface area (Å²) in [5.41, 5.74) is 6.69. The molecule has 26 heavy (non-hydrogen) atoms. The Balaban J connectivity index is 2.04. The SMILES string of the molecule is CCCCC=CCOc1cccc(NC(=O)c2ccc(C)nc2N)c1F. The monoisotopic (exact) mass is 357 g/mol. The van der Waals surface area contributed by atoms with E-state index in [1.54, 1.807) is 25.1 Å². The number of benzene rings is 1. The number of unbranched alkanes of at least 4 members (excludes halogenated alkanes) is 2. The molecule has 3 N–H and O–H groups in total. The summed E-state index contributed by atoms with van der Waals surface area (Å²) in [7, 11) is 0. The number of amides is 1. The van der Waals surface area contributed by atoms with Gasteiger partial charge in [-0.1, -0.05) is 38.0 Å². The van der Waals surface area contributed by atoms with Crippen molar-refractivity contribution >= 4 is 17.4 Å². The van der Waals surface area contributed by atoms with E-state index in [4.69, 9.17) is 10.5 Å². The summed E-state index contributed by atoms with van der Waals surface area (Å²) in [6.07, 6.45) is 7.09. The van der Waals surface area contributed by atoms with Crippen molar-refractivity contribution in [3.05, 3.63) is 59.6 Å². The van der Waals surface area contributed by atoms with Crippen molar-refractivity contribution < 1.29 is 13.9 Å². The Morgan fingerprint density at radius 3 is 2.85 bits per heavy atom. The van der Waals surface area contributed by atoms with Gasteiger partial charge < -0.3 is 15.8 Å². The van der Waals surface area contributed by atoms with Crippen LogP contribution in [0.5, 0.6) is 5.75 Å². The molecule has 0 saturated heterocycles. The van der Waals surface area contributed by atoms with Crippen LogP contribution in [0.3, 0.4) is 0 Å². The number of hydrogen-bond acceptors (Lipinski definition) is 4. The van der Waals surface area contributed by atoms with Crippen molar-refractivity contribution in [2.75, 3.05) is 17.7 Å². The lowest BCUT2D eigenvalue weighted by atomic mass is 10.2. The Hall–Kier alpha value is -2.89. The number of aryl methyl sites for hydroxylation is 1. The van der Waals surface area contributed by atoms with Crippen LogP contribution in [0.25, 0.3) is 0 Å². The zero-order chi connectivity index (χ0) is 18.9. The average Bonchev–Trinajstić information content (AvgIpc) is 2.60. The second-order valence-electron chi connectivity index (χ2n) is 5.88. The van der Waals surface area contributed by atoms with Crippen LogP contribution in [0, 0.1) is 12.7 Å². The van der Waals surface area contributed by atoms with Gasteiger partial charge in [0.15, 0.2) is 11.6 Å². The number of aromatic nitrogens is 1. The molecule has 0 spiro atoms. The molecule has 0 atom stereocenters. The number of carbonyl (C=O) groups excluding carboxylic acids is 1. The van der Waals surface area contributed by atoms with Crippen molar-refractivity contribution in [3.63, 3.8) is 0 Å². The number of hydrogen-bond donors (Lipinski definition) is 2. The van der Waals surface area contributed by atoms with Gasteiger partial charge in [0.2, 0.25) is 0 Å². The predicted molar refractivity (Wildman–Crippen MR) is 102 cm³/mol. The Morgan fingerprint density at radius 1 is 1.31 bits per heavy atom. The first-order valence-corrected chi connectivity index (χ1v) is 8.63. The first kappa shape index (κ1) is 19.4. The Kier molecular flexibility index (Phi) is 7.14. The van der Waals surface area contributed by atoms with E-state index in [0.29, 0.717) is 5.69 Å². The van der Waals surface area contributed by atoms with E-state index in [1.165, 1.54) is 12.1 Å². The van der Waals surface area contributed by atoms with Crippen LogP contribution in [0.2, 0.25) is 0 Å². The summed E-state index contributed by atoms with van der Waals surface area (Å²) < 4.78 is 20.0. The van der Waals surface area contributed by atoms with Gasteiger partial charge in [0, 0.05) is 5.69 Å². The van der Waals surface area contributed by atoms with Crippen molar-refractivity contribution in [1.82, 2.24) is 4.98 Å². The molecule has 0 aliphatic heterocycles. The van der Waals surface area contributed by atoms with E-state index < -0.39 is 11.7 Å². The number of halogens is 1. The normalized spacial score (nSPS) is 10.9. The molecule has 1 aromatic carbocycles. The van der Waals surface area contributed by atoms with Crippen molar-refractivity contribution in [3.8, 4) is 5.75 Å². The van der Waals surface area contributed by atoms with Gasteiger partial charge in [-0.05, 0) is 37.6 Å². The third kappa shape index (κ3) is 5.31. The number of nitrogens with two attached hydrogens (primary N) is 1. The minimum absolute atomic E-state index is 0.0300. The molecule has 0 aliphatic carbocycles. The summed E-state index contributed by atoms with van der Waals surface area (Å²) in [5, 5.41) is 2.51. The number of carbonyl (C=O) groups is 1. The van der Waals surface area contributed by atoms with Gasteiger partial charge in [-0.15, -0.1) is 0 Å². The maximum absolute atomic E-state index is 14.5. The smallest absolute Gasteiger partial charge is 0.259 e. The van der Waals surface area contributed by atoms with Crippen LogP contribution in [-0.4, -0.2) is 17.5 Å². The van der Waals surface area contributed by atoms with E-state index in [1.807, 2.05) is 12.2 Å². The second kappa shape index (κ2) is 9.56. The maximum Gasteiger partial charge on any atom is 0.259 e. The molecule has 2 rings (SSSR count). The van der Waals surface area contributed by atoms with Crippen molar-refractivity contribution in [1.29, 1.82) is 0 Å². The molecule has 6 heteroatoms. The number of allylic oxidation sites excluding steroid dienone is 1. The predicted octanol–water partition coefficient (Wildman–Crippen LogP) is 4.49. The molecule has 0 saturated carbocycles. The molecule has 138 valence electrons. The van der Waals surface area contributed by atoms with Gasteiger partial charge in [-0.2, -0.15) is 0 Å². The summed E-state index contributed by atoms with van der Waals surface area (Å²) in [6.45, 7) is 4.17. The standard InChI is InChI=1S/C20H24FN3O2/c1-3-4-5-6-7-13-26-17-10-8-9-16(18(17)21)24-20(25)15-12-11-14(2)23-19(15)22/h6-12H,3-5,13H2,1-2H3,(H2,22,23)(H,24,25). The van der Waals surface area contributed by atoms with Gasteiger partial charge >= 0.3 is 0 Å². The number of rotatable bonds is 8. The van der Waals surface area contributed by atoms with Crippen LogP contribution in [-0.2, 0) is 0 Å². The van der Waals surface area contributed by atoms with Gasteiger partial charge in [-0.25, -0.2) is 9.37 Å². The third-order valence-corrected chi connectivity index (χ3v) is 3.75. The molecule has 0 aliphatic rings. The minimum atomic E-state index is -0.624. The van der Waals surface area contributed by atoms with E-state index in [0.717, 1.165) is 19.3 Å². The summed E-state index contributed by atoms with van der Waals surface area (Å²) in [6, 6.07) is 7.84. The highest BCUT2D eigenvalue weighted by Gasteiger charge is 2.15. The highest BCUT2D eigenvalue weighted by Crippen LogP contribution is 2.25. The van der Waals surface area contributed by atoms with Gasteiger partial charge in [0.05, 0.1) is 11.3 Å². The van der Waals surface area contributed by atoms with E-state index in [-0.39, 0.29) is 29.4 Å². The topological polar surface area (TPSA) is 77.2 Å². The lowest BCUT2D eigenvalue weighted by Crippen LogP contribution is -2.16. The lowest BCUT2D eigenvalue weighted by molar-refractivity contribution is 0.102. The lowest BCUT2D eigenvalue weighted by Gasteiger charge is -2.11. The first-order chi connectivity index (χ1) is 12.5. The summed E-state index contributed by atoms with van der Waals surface area (Å²) in [5.74, 6) is -0.961. The van der Waals surface area contributed by atoms with E-state index >= 15 is 0 Å². The highest BCUT2D eigenvalue weighted by atomic mass is 19.1. The molecule has 2 aromatic rings. The number of nitrogen functional groups attached to an aromatic ring is 1. The molecule has 1 amide bonds. The molecule has 5 nitrogen and oxygen atoms in total. The fourth-order valence-corrected chi connectivity index (χ4v) is 2.32. The van der Waals surface area contributed by atoms with Crippen molar-refractivity contribution in [2.24, 2.45) is 0 Å². The number of pyridine rings is 1. The van der Waals surface area contributed by atoms with E-state index in [2.05, 4.69) is 17.2 Å². The Labute approximate surface area is 153 Å². The number of nitrogens with one attached hydrogen (secondary N) is 1. The van der Waals surface area contributed by atoms with Crippen LogP contribution in [0.15, 0.2) is 42.5 Å². The zero-order valence-electron chi connectivity index (χ0n) is 15.1. The Morgan fingerprint density at radius 2 is 2.12 bits per heavy atom. The summed E-state index contributed by atoms with van der Waals surface area (Å²) >= 11 is 0. The molecule has 0 radical (unpaired) electrons. The van der Waals surface area contributed by atoms with Crippen molar-refractivity contribution in [2.45, 2.75) is 33.1 Å². The highest BCUT2D eigenvalue weighted by molar-refractivity contribution is 6.07. The molecular weight excluding hydrogens is 333 g/mol. The van der Waals surface area contributed by atoms with Crippen LogP contribution in [0.1, 0.15) is 42.2 Å². The number of anilines is 2. The quantitative estimate of drug-likeness (QED) is 0.539. The van der Waals surface area contributed by atoms with Gasteiger partial charge in [0.1, 0.15) is 12.4 Å². The third-order valence-electron chi connectivity index (χ3n) is 3.75. The fraction of sp³-hybridized carbons (Fsp3) is 0.300. The largest absolute Gasteiger partial charge is 0.486 e. The number of nitrogens with zero attached hydrogens (tertiary/aromatic N) is 1. The summed E-state index contributed by atoms with van der Waals surface area (Å²) in [4.78, 5) is 16.4. The molecule has 0 fully saturated rings. The minimum Gasteiger partial charge on any atom is -0.486 e. The van der Waals surface area contributed by atoms with E-state index in [9.17, 15) is 9.18 Å². The first-order valence-electron chi connectivity index (χ1n) is 8.63. The molecule has 1 aromatic heterocycles. The fourth-order valence-electron chi connectivity index (χ4n) is 2.32. The molecule has 0 bridgehead atoms. The van der Waals surface area contributed by atoms with Crippen LogP contribution >= 0.6 is 0 Å². The molecule has 0 unspecified atom stereocenters. The molecule has 1 heterocycles. The van der Waals surface area contributed by atoms with Crippen LogP contribution in [0.4, 0.5) is 15.9 Å². The van der Waals surface area contributed by atoms with Gasteiger partial charge in [0.25, 0.3) is 5.91 Å². The van der Waals surface area contributed by atoms with Crippen LogP contribution < -0.4 is 15.8 Å². The second-order valence-corrected chi connectivity index (χ2v) is 5.88. The average molecular weight is 357 g/mol. The van der Waals surface area contributed by atoms with Gasteiger partial charge in [-0.3, -0.25) is 4.79 Å². The Bertz CT molecular complexity index is 791. The molecular formula is C20H24FN3O2. The number of ether oxygens (including phenoxy) is 1.